The van der Waals surface area contributed by atoms with Gasteiger partial charge in [-0.25, -0.2) is 0 Å². The van der Waals surface area contributed by atoms with Crippen molar-refractivity contribution < 1.29 is 19.1 Å². The molecular weight excluding hydrogens is 402 g/mol. The lowest BCUT2D eigenvalue weighted by Gasteiger charge is -2.10. The van der Waals surface area contributed by atoms with Gasteiger partial charge in [0.25, 0.3) is 5.91 Å². The van der Waals surface area contributed by atoms with E-state index in [1.807, 2.05) is 0 Å². The molecule has 0 saturated carbocycles. The quantitative estimate of drug-likeness (QED) is 0.392. The highest BCUT2D eigenvalue weighted by Crippen LogP contribution is 2.27. The summed E-state index contributed by atoms with van der Waals surface area (Å²) < 4.78 is 10.4. The Morgan fingerprint density at radius 1 is 1.00 bits per heavy atom. The van der Waals surface area contributed by atoms with Crippen molar-refractivity contribution >= 4 is 46.8 Å². The normalized spacial score (nSPS) is 10.2. The predicted octanol–water partition coefficient (Wildman–Crippen LogP) is 2.71. The molecule has 0 heterocycles. The van der Waals surface area contributed by atoms with Gasteiger partial charge < -0.3 is 9.47 Å². The first-order valence-electron chi connectivity index (χ1n) is 8.00. The zero-order chi connectivity index (χ0) is 20.5. The monoisotopic (exact) mass is 419 g/mol. The molecule has 3 N–H and O–H groups in total. The summed E-state index contributed by atoms with van der Waals surface area (Å²) in [6.07, 6.45) is 2.89. The highest BCUT2D eigenvalue weighted by molar-refractivity contribution is 7.80. The number of methoxy groups -OCH3 is 2. The first-order valence-corrected chi connectivity index (χ1v) is 8.78. The topological polar surface area (TPSA) is 88.7 Å². The molecule has 7 nitrogen and oxygen atoms in total. The summed E-state index contributed by atoms with van der Waals surface area (Å²) >= 11 is 10.7. The van der Waals surface area contributed by atoms with Crippen molar-refractivity contribution in [3.8, 4) is 11.5 Å². The summed E-state index contributed by atoms with van der Waals surface area (Å²) in [5.41, 5.74) is 5.96. The van der Waals surface area contributed by atoms with E-state index in [0.29, 0.717) is 22.1 Å². The number of benzene rings is 2. The van der Waals surface area contributed by atoms with Crippen LogP contribution in [-0.2, 0) is 4.79 Å². The van der Waals surface area contributed by atoms with E-state index in [4.69, 9.17) is 33.3 Å². The maximum atomic E-state index is 11.9. The van der Waals surface area contributed by atoms with Crippen LogP contribution in [0.2, 0.25) is 5.02 Å². The van der Waals surface area contributed by atoms with Crippen LogP contribution in [0.15, 0.2) is 48.5 Å². The number of nitrogens with one attached hydrogen (secondary N) is 3. The SMILES string of the molecule is COc1ccc(/C=C/C(=O)NC(=S)NNC(=O)c2ccc(Cl)cc2)cc1OC. The summed E-state index contributed by atoms with van der Waals surface area (Å²) in [5.74, 6) is 0.250. The Kier molecular flexibility index (Phi) is 7.79. The number of thiocarbonyl (C=S) groups is 1. The van der Waals surface area contributed by atoms with Crippen molar-refractivity contribution in [2.24, 2.45) is 0 Å². The zero-order valence-corrected chi connectivity index (χ0v) is 16.7. The van der Waals surface area contributed by atoms with Crippen molar-refractivity contribution in [2.75, 3.05) is 14.2 Å². The molecule has 2 aromatic rings. The van der Waals surface area contributed by atoms with Crippen molar-refractivity contribution in [2.45, 2.75) is 0 Å². The molecule has 0 aliphatic heterocycles. The molecule has 0 radical (unpaired) electrons. The number of ether oxygens (including phenoxy) is 2. The van der Waals surface area contributed by atoms with E-state index in [0.717, 1.165) is 5.56 Å². The molecule has 146 valence electrons. The van der Waals surface area contributed by atoms with E-state index in [9.17, 15) is 9.59 Å². The number of hydrazine groups is 1. The summed E-state index contributed by atoms with van der Waals surface area (Å²) in [6.45, 7) is 0. The first kappa shape index (κ1) is 21.2. The van der Waals surface area contributed by atoms with Crippen LogP contribution >= 0.6 is 23.8 Å². The van der Waals surface area contributed by atoms with Gasteiger partial charge in [-0.3, -0.25) is 25.8 Å². The van der Waals surface area contributed by atoms with Gasteiger partial charge in [-0.15, -0.1) is 0 Å². The number of amides is 2. The van der Waals surface area contributed by atoms with Gasteiger partial charge in [-0.2, -0.15) is 0 Å². The van der Waals surface area contributed by atoms with Gasteiger partial charge in [-0.1, -0.05) is 17.7 Å². The van der Waals surface area contributed by atoms with E-state index in [-0.39, 0.29) is 5.11 Å². The fourth-order valence-corrected chi connectivity index (χ4v) is 2.38. The van der Waals surface area contributed by atoms with Crippen molar-refractivity contribution in [1.82, 2.24) is 16.2 Å². The van der Waals surface area contributed by atoms with Crippen LogP contribution in [0.3, 0.4) is 0 Å². The van der Waals surface area contributed by atoms with E-state index in [1.165, 1.54) is 13.2 Å². The summed E-state index contributed by atoms with van der Waals surface area (Å²) in [5, 5.41) is 2.89. The van der Waals surface area contributed by atoms with Gasteiger partial charge in [0.15, 0.2) is 16.6 Å². The van der Waals surface area contributed by atoms with E-state index in [1.54, 1.807) is 55.7 Å². The molecule has 2 rings (SSSR count). The average molecular weight is 420 g/mol. The smallest absolute Gasteiger partial charge is 0.269 e. The van der Waals surface area contributed by atoms with E-state index >= 15 is 0 Å². The standard InChI is InChI=1S/C19H18ClN3O4S/c1-26-15-9-3-12(11-16(15)27-2)4-10-17(24)21-19(28)23-22-18(25)13-5-7-14(20)8-6-13/h3-11H,1-2H3,(H,22,25)(H2,21,23,24,28)/b10-4+. The third-order valence-corrected chi connectivity index (χ3v) is 3.92. The molecule has 0 atom stereocenters. The van der Waals surface area contributed by atoms with Crippen LogP contribution in [0.5, 0.6) is 11.5 Å². The number of carbonyl (C=O) groups is 2. The molecule has 0 fully saturated rings. The lowest BCUT2D eigenvalue weighted by Crippen LogP contribution is -2.48. The molecule has 0 spiro atoms. The number of hydrogen-bond donors (Lipinski definition) is 3. The van der Waals surface area contributed by atoms with Crippen LogP contribution in [0.1, 0.15) is 15.9 Å². The molecule has 0 bridgehead atoms. The van der Waals surface area contributed by atoms with Crippen molar-refractivity contribution in [3.05, 3.63) is 64.7 Å². The molecule has 0 aliphatic rings. The molecular formula is C19H18ClN3O4S. The van der Waals surface area contributed by atoms with Gasteiger partial charge >= 0.3 is 0 Å². The van der Waals surface area contributed by atoms with Crippen LogP contribution in [0.4, 0.5) is 0 Å². The number of rotatable bonds is 5. The van der Waals surface area contributed by atoms with Gasteiger partial charge in [0, 0.05) is 16.7 Å². The predicted molar refractivity (Wildman–Crippen MR) is 111 cm³/mol. The number of halogens is 1. The third kappa shape index (κ3) is 6.26. The Bertz CT molecular complexity index is 901. The number of hydrogen-bond acceptors (Lipinski definition) is 5. The van der Waals surface area contributed by atoms with Crippen LogP contribution in [-0.4, -0.2) is 31.1 Å². The Morgan fingerprint density at radius 2 is 1.68 bits per heavy atom. The van der Waals surface area contributed by atoms with Gasteiger partial charge in [0.2, 0.25) is 5.91 Å². The van der Waals surface area contributed by atoms with Gasteiger partial charge in [0.05, 0.1) is 14.2 Å². The lowest BCUT2D eigenvalue weighted by molar-refractivity contribution is -0.115. The Hall–Kier alpha value is -3.10. The summed E-state index contributed by atoms with van der Waals surface area (Å²) in [4.78, 5) is 23.9. The molecule has 0 saturated heterocycles. The fraction of sp³-hybridized carbons (Fsp3) is 0.105. The van der Waals surface area contributed by atoms with Crippen LogP contribution in [0, 0.1) is 0 Å². The number of carbonyl (C=O) groups excluding carboxylic acids is 2. The zero-order valence-electron chi connectivity index (χ0n) is 15.1. The molecule has 0 unspecified atom stereocenters. The molecule has 2 aromatic carbocycles. The molecule has 2 amide bonds. The van der Waals surface area contributed by atoms with E-state index < -0.39 is 11.8 Å². The second-order valence-electron chi connectivity index (χ2n) is 5.35. The highest BCUT2D eigenvalue weighted by atomic mass is 35.5. The van der Waals surface area contributed by atoms with Crippen LogP contribution in [0.25, 0.3) is 6.08 Å². The second kappa shape index (κ2) is 10.3. The van der Waals surface area contributed by atoms with Gasteiger partial charge in [0.1, 0.15) is 0 Å². The minimum absolute atomic E-state index is 0.0516. The largest absolute Gasteiger partial charge is 0.493 e. The fourth-order valence-electron chi connectivity index (χ4n) is 2.10. The summed E-state index contributed by atoms with van der Waals surface area (Å²) in [7, 11) is 3.07. The minimum Gasteiger partial charge on any atom is -0.493 e. The Labute approximate surface area is 172 Å². The van der Waals surface area contributed by atoms with Crippen molar-refractivity contribution in [3.63, 3.8) is 0 Å². The molecule has 9 heteroatoms. The molecule has 0 aliphatic carbocycles. The maximum absolute atomic E-state index is 11.9. The Balaban J connectivity index is 1.85. The van der Waals surface area contributed by atoms with Gasteiger partial charge in [-0.05, 0) is 60.3 Å². The highest BCUT2D eigenvalue weighted by Gasteiger charge is 2.07. The summed E-state index contributed by atoms with van der Waals surface area (Å²) in [6, 6.07) is 11.5. The third-order valence-electron chi connectivity index (χ3n) is 3.47. The van der Waals surface area contributed by atoms with Crippen molar-refractivity contribution in [1.29, 1.82) is 0 Å². The first-order chi connectivity index (χ1) is 13.4. The molecule has 28 heavy (non-hydrogen) atoms. The van der Waals surface area contributed by atoms with E-state index in [2.05, 4.69) is 16.2 Å². The second-order valence-corrected chi connectivity index (χ2v) is 6.20. The average Bonchev–Trinajstić information content (AvgIpc) is 2.70. The Morgan fingerprint density at radius 3 is 2.32 bits per heavy atom. The lowest BCUT2D eigenvalue weighted by atomic mass is 10.2. The maximum Gasteiger partial charge on any atom is 0.269 e. The minimum atomic E-state index is -0.465. The van der Waals surface area contributed by atoms with Crippen LogP contribution < -0.4 is 25.6 Å². The molecule has 0 aromatic heterocycles.